The summed E-state index contributed by atoms with van der Waals surface area (Å²) in [6, 6.07) is 26.7. The van der Waals surface area contributed by atoms with E-state index in [0.29, 0.717) is 43.2 Å². The van der Waals surface area contributed by atoms with Crippen LogP contribution in [0.5, 0.6) is 0 Å². The SMILES string of the molecule is Cc1cccc(-n2c(SCc3ccc(C(=O)N4CCN(c5ccccc5F)CC4)cc3)nnc2-c2ccncc2)c1. The predicted octanol–water partition coefficient (Wildman–Crippen LogP) is 6.03. The molecule has 0 unspecified atom stereocenters. The fraction of sp³-hybridized carbons (Fsp3) is 0.188. The van der Waals surface area contributed by atoms with Gasteiger partial charge in [-0.1, -0.05) is 48.2 Å². The third-order valence-electron chi connectivity index (χ3n) is 7.16. The van der Waals surface area contributed by atoms with E-state index < -0.39 is 0 Å². The molecular formula is C32H29FN6OS. The zero-order chi connectivity index (χ0) is 28.2. The van der Waals surface area contributed by atoms with Crippen LogP contribution in [0.4, 0.5) is 10.1 Å². The Morgan fingerprint density at radius 1 is 0.878 bits per heavy atom. The van der Waals surface area contributed by atoms with Crippen molar-refractivity contribution in [2.75, 3.05) is 31.1 Å². The minimum Gasteiger partial charge on any atom is -0.366 e. The number of amides is 1. The summed E-state index contributed by atoms with van der Waals surface area (Å²) in [5.74, 6) is 1.21. The van der Waals surface area contributed by atoms with Gasteiger partial charge in [0.15, 0.2) is 11.0 Å². The average Bonchev–Trinajstić information content (AvgIpc) is 3.45. The molecule has 0 atom stereocenters. The molecule has 0 N–H and O–H groups in total. The number of thioether (sulfide) groups is 1. The lowest BCUT2D eigenvalue weighted by atomic mass is 10.1. The lowest BCUT2D eigenvalue weighted by Gasteiger charge is -2.36. The maximum Gasteiger partial charge on any atom is 0.253 e. The van der Waals surface area contributed by atoms with Gasteiger partial charge in [0.05, 0.1) is 5.69 Å². The van der Waals surface area contributed by atoms with Crippen LogP contribution in [0.25, 0.3) is 17.1 Å². The number of piperazine rings is 1. The Hall–Kier alpha value is -4.50. The first-order chi connectivity index (χ1) is 20.1. The topological polar surface area (TPSA) is 67.2 Å². The molecule has 41 heavy (non-hydrogen) atoms. The second kappa shape index (κ2) is 11.9. The zero-order valence-corrected chi connectivity index (χ0v) is 23.5. The van der Waals surface area contributed by atoms with Crippen molar-refractivity contribution in [3.63, 3.8) is 0 Å². The van der Waals surface area contributed by atoms with Gasteiger partial charge >= 0.3 is 0 Å². The van der Waals surface area contributed by atoms with Crippen molar-refractivity contribution in [3.8, 4) is 17.1 Å². The highest BCUT2D eigenvalue weighted by Crippen LogP contribution is 2.30. The number of anilines is 1. The van der Waals surface area contributed by atoms with Gasteiger partial charge in [0.1, 0.15) is 5.82 Å². The first-order valence-electron chi connectivity index (χ1n) is 13.5. The fourth-order valence-corrected chi connectivity index (χ4v) is 5.89. The van der Waals surface area contributed by atoms with Gasteiger partial charge in [0.2, 0.25) is 0 Å². The van der Waals surface area contributed by atoms with E-state index in [-0.39, 0.29) is 11.7 Å². The molecule has 1 fully saturated rings. The van der Waals surface area contributed by atoms with Crippen molar-refractivity contribution in [1.29, 1.82) is 0 Å². The third-order valence-corrected chi connectivity index (χ3v) is 8.16. The number of halogens is 1. The molecule has 1 aliphatic heterocycles. The number of aryl methyl sites for hydroxylation is 1. The van der Waals surface area contributed by atoms with E-state index in [1.807, 2.05) is 58.3 Å². The van der Waals surface area contributed by atoms with Gasteiger partial charge in [-0.05, 0) is 66.6 Å². The number of rotatable bonds is 7. The molecule has 3 aromatic carbocycles. The Morgan fingerprint density at radius 3 is 2.37 bits per heavy atom. The number of carbonyl (C=O) groups excluding carboxylic acids is 1. The minimum atomic E-state index is -0.230. The van der Waals surface area contributed by atoms with Crippen LogP contribution in [0.3, 0.4) is 0 Å². The van der Waals surface area contributed by atoms with Crippen molar-refractivity contribution < 1.29 is 9.18 Å². The molecule has 0 radical (unpaired) electrons. The molecule has 3 heterocycles. The first kappa shape index (κ1) is 26.7. The van der Waals surface area contributed by atoms with Crippen LogP contribution < -0.4 is 4.90 Å². The third kappa shape index (κ3) is 5.85. The number of carbonyl (C=O) groups is 1. The number of nitrogens with zero attached hydrogens (tertiary/aromatic N) is 6. The standard InChI is InChI=1S/C32H29FN6OS/c1-23-5-4-6-27(21-23)39-30(25-13-15-34-16-14-25)35-36-32(39)41-22-24-9-11-26(12-10-24)31(40)38-19-17-37(18-20-38)29-8-3-2-7-28(29)33/h2-16,21H,17-20,22H2,1H3. The summed E-state index contributed by atoms with van der Waals surface area (Å²) < 4.78 is 16.2. The largest absolute Gasteiger partial charge is 0.366 e. The number of hydrogen-bond acceptors (Lipinski definition) is 6. The van der Waals surface area contributed by atoms with E-state index >= 15 is 0 Å². The fourth-order valence-electron chi connectivity index (χ4n) is 4.98. The average molecular weight is 565 g/mol. The van der Waals surface area contributed by atoms with Gasteiger partial charge < -0.3 is 9.80 Å². The minimum absolute atomic E-state index is 0.00132. The monoisotopic (exact) mass is 564 g/mol. The van der Waals surface area contributed by atoms with Crippen molar-refractivity contribution in [2.45, 2.75) is 17.8 Å². The van der Waals surface area contributed by atoms with E-state index in [0.717, 1.165) is 33.4 Å². The van der Waals surface area contributed by atoms with Crippen molar-refractivity contribution >= 4 is 23.4 Å². The van der Waals surface area contributed by atoms with E-state index in [1.54, 1.807) is 36.3 Å². The van der Waals surface area contributed by atoms with Gasteiger partial charge in [-0.3, -0.25) is 14.3 Å². The van der Waals surface area contributed by atoms with Crippen LogP contribution in [-0.4, -0.2) is 56.7 Å². The highest BCUT2D eigenvalue weighted by Gasteiger charge is 2.24. The molecule has 0 saturated carbocycles. The number of aromatic nitrogens is 4. The Balaban J connectivity index is 1.13. The Morgan fingerprint density at radius 2 is 1.63 bits per heavy atom. The van der Waals surface area contributed by atoms with Gasteiger partial charge in [0, 0.05) is 61.1 Å². The first-order valence-corrected chi connectivity index (χ1v) is 14.5. The quantitative estimate of drug-likeness (QED) is 0.225. The predicted molar refractivity (Wildman–Crippen MR) is 160 cm³/mol. The molecule has 9 heteroatoms. The van der Waals surface area contributed by atoms with Gasteiger partial charge in [-0.2, -0.15) is 0 Å². The number of pyridine rings is 1. The van der Waals surface area contributed by atoms with Gasteiger partial charge in [-0.25, -0.2) is 4.39 Å². The lowest BCUT2D eigenvalue weighted by Crippen LogP contribution is -2.49. The molecule has 7 nitrogen and oxygen atoms in total. The van der Waals surface area contributed by atoms with Crippen molar-refractivity contribution in [2.24, 2.45) is 0 Å². The lowest BCUT2D eigenvalue weighted by molar-refractivity contribution is 0.0746. The van der Waals surface area contributed by atoms with E-state index in [9.17, 15) is 9.18 Å². The Kier molecular flexibility index (Phi) is 7.78. The molecule has 0 bridgehead atoms. The van der Waals surface area contributed by atoms with Crippen molar-refractivity contribution in [3.05, 3.63) is 120 Å². The molecular weight excluding hydrogens is 535 g/mol. The second-order valence-corrected chi connectivity index (χ2v) is 10.9. The maximum absolute atomic E-state index is 14.2. The van der Waals surface area contributed by atoms with Gasteiger partial charge in [-0.15, -0.1) is 10.2 Å². The van der Waals surface area contributed by atoms with E-state index in [4.69, 9.17) is 0 Å². The number of hydrogen-bond donors (Lipinski definition) is 0. The van der Waals surface area contributed by atoms with Crippen LogP contribution in [-0.2, 0) is 5.75 Å². The molecule has 1 amide bonds. The van der Waals surface area contributed by atoms with Crippen LogP contribution >= 0.6 is 11.8 Å². The van der Waals surface area contributed by atoms with Crippen molar-refractivity contribution in [1.82, 2.24) is 24.6 Å². The van der Waals surface area contributed by atoms with E-state index in [1.165, 1.54) is 6.07 Å². The van der Waals surface area contributed by atoms with E-state index in [2.05, 4.69) is 44.9 Å². The summed E-state index contributed by atoms with van der Waals surface area (Å²) in [5, 5.41) is 9.82. The number of benzene rings is 3. The molecule has 6 rings (SSSR count). The van der Waals surface area contributed by atoms with Crippen LogP contribution in [0.15, 0.2) is 102 Å². The van der Waals surface area contributed by atoms with Crippen LogP contribution in [0.2, 0.25) is 0 Å². The van der Waals surface area contributed by atoms with Crippen LogP contribution in [0.1, 0.15) is 21.5 Å². The summed E-state index contributed by atoms with van der Waals surface area (Å²) in [6.45, 7) is 4.38. The normalized spacial score (nSPS) is 13.4. The Bertz CT molecular complexity index is 1650. The smallest absolute Gasteiger partial charge is 0.253 e. The highest BCUT2D eigenvalue weighted by atomic mass is 32.2. The molecule has 0 aliphatic carbocycles. The van der Waals surface area contributed by atoms with Gasteiger partial charge in [0.25, 0.3) is 5.91 Å². The maximum atomic E-state index is 14.2. The summed E-state index contributed by atoms with van der Waals surface area (Å²) in [4.78, 5) is 21.1. The summed E-state index contributed by atoms with van der Waals surface area (Å²) >= 11 is 1.60. The molecule has 206 valence electrons. The molecule has 1 aliphatic rings. The summed E-state index contributed by atoms with van der Waals surface area (Å²) in [5.41, 5.74) is 5.43. The molecule has 1 saturated heterocycles. The molecule has 5 aromatic rings. The second-order valence-electron chi connectivity index (χ2n) is 9.93. The zero-order valence-electron chi connectivity index (χ0n) is 22.7. The number of para-hydroxylation sites is 1. The summed E-state index contributed by atoms with van der Waals surface area (Å²) in [6.07, 6.45) is 3.51. The molecule has 0 spiro atoms. The van der Waals surface area contributed by atoms with Crippen LogP contribution in [0, 0.1) is 12.7 Å². The Labute approximate surface area is 242 Å². The molecule has 2 aromatic heterocycles. The summed E-state index contributed by atoms with van der Waals surface area (Å²) in [7, 11) is 0. The highest BCUT2D eigenvalue weighted by molar-refractivity contribution is 7.98.